The predicted molar refractivity (Wildman–Crippen MR) is 72.7 cm³/mol. The van der Waals surface area contributed by atoms with Gasteiger partial charge in [-0.15, -0.1) is 0 Å². The van der Waals surface area contributed by atoms with Crippen LogP contribution < -0.4 is 4.74 Å². The fourth-order valence-electron chi connectivity index (χ4n) is 1.93. The van der Waals surface area contributed by atoms with Gasteiger partial charge in [-0.25, -0.2) is 0 Å². The van der Waals surface area contributed by atoms with E-state index in [1.165, 1.54) is 0 Å². The van der Waals surface area contributed by atoms with E-state index in [9.17, 15) is 9.59 Å². The number of Topliss-reactive ketones (excluding diaryl/α,β-unsaturated/α-hetero) is 1. The summed E-state index contributed by atoms with van der Waals surface area (Å²) in [6.45, 7) is 0. The molecular weight excluding hydrogens is 244 g/mol. The zero-order valence-corrected chi connectivity index (χ0v) is 11.2. The molecule has 0 aliphatic rings. The number of ether oxygens (including phenoxy) is 1. The van der Waals surface area contributed by atoms with Crippen molar-refractivity contribution >= 4 is 11.8 Å². The molecule has 0 amide bonds. The Balaban J connectivity index is 2.29. The van der Waals surface area contributed by atoms with Crippen LogP contribution in [0, 0.1) is 0 Å². The van der Waals surface area contributed by atoms with Gasteiger partial charge in [-0.1, -0.05) is 25.0 Å². The van der Waals surface area contributed by atoms with Crippen molar-refractivity contribution in [2.24, 2.45) is 0 Å². The van der Waals surface area contributed by atoms with E-state index in [-0.39, 0.29) is 12.2 Å². The molecule has 0 aliphatic heterocycles. The highest BCUT2D eigenvalue weighted by Crippen LogP contribution is 2.20. The van der Waals surface area contributed by atoms with Gasteiger partial charge in [0.1, 0.15) is 5.75 Å². The van der Waals surface area contributed by atoms with Gasteiger partial charge in [-0.05, 0) is 25.0 Å². The van der Waals surface area contributed by atoms with Crippen molar-refractivity contribution in [2.45, 2.75) is 38.5 Å². The topological polar surface area (TPSA) is 63.6 Å². The number of aliphatic carboxylic acids is 1. The first-order valence-electron chi connectivity index (χ1n) is 6.53. The zero-order valence-electron chi connectivity index (χ0n) is 11.2. The summed E-state index contributed by atoms with van der Waals surface area (Å²) in [5.74, 6) is -0.0702. The lowest BCUT2D eigenvalue weighted by atomic mass is 10.0. The first-order chi connectivity index (χ1) is 9.15. The zero-order chi connectivity index (χ0) is 14.1. The van der Waals surface area contributed by atoms with E-state index in [0.717, 1.165) is 19.3 Å². The van der Waals surface area contributed by atoms with Crippen molar-refractivity contribution in [3.05, 3.63) is 29.8 Å². The van der Waals surface area contributed by atoms with Crippen LogP contribution in [0.1, 0.15) is 48.9 Å². The number of carboxylic acids is 1. The Hall–Kier alpha value is -1.84. The second-order valence-corrected chi connectivity index (χ2v) is 4.43. The standard InChI is InChI=1S/C15H20O4/c1-19-14-10-7-6-8-12(14)13(16)9-4-2-3-5-11-15(17)18/h6-8,10H,2-5,9,11H2,1H3,(H,17,18). The van der Waals surface area contributed by atoms with Crippen molar-refractivity contribution in [2.75, 3.05) is 7.11 Å². The summed E-state index contributed by atoms with van der Waals surface area (Å²) >= 11 is 0. The molecule has 1 rings (SSSR count). The molecule has 0 spiro atoms. The lowest BCUT2D eigenvalue weighted by Crippen LogP contribution is -2.02. The second-order valence-electron chi connectivity index (χ2n) is 4.43. The van der Waals surface area contributed by atoms with Gasteiger partial charge in [0.2, 0.25) is 0 Å². The highest BCUT2D eigenvalue weighted by atomic mass is 16.5. The number of hydrogen-bond acceptors (Lipinski definition) is 3. The molecule has 104 valence electrons. The van der Waals surface area contributed by atoms with E-state index in [2.05, 4.69) is 0 Å². The molecule has 0 saturated heterocycles. The Bertz CT molecular complexity index is 426. The normalized spacial score (nSPS) is 10.2. The average molecular weight is 264 g/mol. The van der Waals surface area contributed by atoms with Crippen LogP contribution in [0.4, 0.5) is 0 Å². The van der Waals surface area contributed by atoms with E-state index < -0.39 is 5.97 Å². The minimum absolute atomic E-state index is 0.0793. The van der Waals surface area contributed by atoms with Crippen molar-refractivity contribution in [1.29, 1.82) is 0 Å². The molecule has 0 radical (unpaired) electrons. The molecule has 0 aliphatic carbocycles. The summed E-state index contributed by atoms with van der Waals surface area (Å²) in [7, 11) is 1.55. The lowest BCUT2D eigenvalue weighted by Gasteiger charge is -2.06. The SMILES string of the molecule is COc1ccccc1C(=O)CCCCCCC(=O)O. The first kappa shape index (κ1) is 15.2. The van der Waals surface area contributed by atoms with E-state index >= 15 is 0 Å². The molecule has 0 fully saturated rings. The Labute approximate surface area is 113 Å². The van der Waals surface area contributed by atoms with Crippen LogP contribution in [0.5, 0.6) is 5.75 Å². The molecule has 1 N–H and O–H groups in total. The second kappa shape index (κ2) is 8.29. The van der Waals surface area contributed by atoms with E-state index in [4.69, 9.17) is 9.84 Å². The summed E-state index contributed by atoms with van der Waals surface area (Å²) in [5, 5.41) is 8.50. The summed E-state index contributed by atoms with van der Waals surface area (Å²) in [6, 6.07) is 7.20. The number of unbranched alkanes of at least 4 members (excludes halogenated alkanes) is 3. The smallest absolute Gasteiger partial charge is 0.303 e. The maximum Gasteiger partial charge on any atom is 0.303 e. The molecule has 0 unspecified atom stereocenters. The lowest BCUT2D eigenvalue weighted by molar-refractivity contribution is -0.137. The molecule has 1 aromatic rings. The number of rotatable bonds is 9. The molecule has 4 nitrogen and oxygen atoms in total. The number of ketones is 1. The minimum atomic E-state index is -0.759. The van der Waals surface area contributed by atoms with Gasteiger partial charge in [0.05, 0.1) is 12.7 Å². The molecule has 4 heteroatoms. The summed E-state index contributed by atoms with van der Waals surface area (Å²) in [6.07, 6.45) is 3.89. The number of carbonyl (C=O) groups excluding carboxylic acids is 1. The van der Waals surface area contributed by atoms with E-state index in [0.29, 0.717) is 24.2 Å². The van der Waals surface area contributed by atoms with Gasteiger partial charge in [0.15, 0.2) is 5.78 Å². The van der Waals surface area contributed by atoms with Gasteiger partial charge in [-0.3, -0.25) is 9.59 Å². The van der Waals surface area contributed by atoms with Crippen LogP contribution in [0.25, 0.3) is 0 Å². The van der Waals surface area contributed by atoms with Gasteiger partial charge in [0, 0.05) is 12.8 Å². The third kappa shape index (κ3) is 5.55. The van der Waals surface area contributed by atoms with Crippen LogP contribution >= 0.6 is 0 Å². The highest BCUT2D eigenvalue weighted by molar-refractivity contribution is 5.98. The third-order valence-electron chi connectivity index (χ3n) is 2.95. The summed E-state index contributed by atoms with van der Waals surface area (Å²) in [5.41, 5.74) is 0.621. The van der Waals surface area contributed by atoms with Gasteiger partial charge < -0.3 is 9.84 Å². The number of methoxy groups -OCH3 is 1. The fourth-order valence-corrected chi connectivity index (χ4v) is 1.93. The van der Waals surface area contributed by atoms with Gasteiger partial charge in [-0.2, -0.15) is 0 Å². The molecule has 0 heterocycles. The fraction of sp³-hybridized carbons (Fsp3) is 0.467. The Kier molecular flexibility index (Phi) is 6.64. The number of para-hydroxylation sites is 1. The number of carboxylic acid groups (broad SMARTS) is 1. The number of benzene rings is 1. The Morgan fingerprint density at radius 1 is 1.05 bits per heavy atom. The number of hydrogen-bond donors (Lipinski definition) is 1. The monoisotopic (exact) mass is 264 g/mol. The van der Waals surface area contributed by atoms with Gasteiger partial charge >= 0.3 is 5.97 Å². The molecule has 0 saturated carbocycles. The van der Waals surface area contributed by atoms with Crippen LogP contribution in [-0.4, -0.2) is 24.0 Å². The maximum absolute atomic E-state index is 12.0. The third-order valence-corrected chi connectivity index (χ3v) is 2.95. The quantitative estimate of drug-likeness (QED) is 0.549. The molecule has 0 atom stereocenters. The first-order valence-corrected chi connectivity index (χ1v) is 6.53. The Morgan fingerprint density at radius 2 is 1.68 bits per heavy atom. The van der Waals surface area contributed by atoms with Crippen molar-refractivity contribution < 1.29 is 19.4 Å². The largest absolute Gasteiger partial charge is 0.496 e. The Morgan fingerprint density at radius 3 is 2.32 bits per heavy atom. The molecular formula is C15H20O4. The van der Waals surface area contributed by atoms with Crippen molar-refractivity contribution in [3.8, 4) is 5.75 Å². The van der Waals surface area contributed by atoms with Crippen molar-refractivity contribution in [3.63, 3.8) is 0 Å². The van der Waals surface area contributed by atoms with Crippen LogP contribution in [0.2, 0.25) is 0 Å². The molecule has 0 bridgehead atoms. The highest BCUT2D eigenvalue weighted by Gasteiger charge is 2.10. The average Bonchev–Trinajstić information content (AvgIpc) is 2.42. The predicted octanol–water partition coefficient (Wildman–Crippen LogP) is 3.30. The molecule has 19 heavy (non-hydrogen) atoms. The maximum atomic E-state index is 12.0. The number of carbonyl (C=O) groups is 2. The van der Waals surface area contributed by atoms with Crippen LogP contribution in [-0.2, 0) is 4.79 Å². The van der Waals surface area contributed by atoms with Gasteiger partial charge in [0.25, 0.3) is 0 Å². The molecule has 1 aromatic carbocycles. The van der Waals surface area contributed by atoms with Crippen molar-refractivity contribution in [1.82, 2.24) is 0 Å². The summed E-state index contributed by atoms with van der Waals surface area (Å²) < 4.78 is 5.15. The van der Waals surface area contributed by atoms with Crippen LogP contribution in [0.15, 0.2) is 24.3 Å². The summed E-state index contributed by atoms with van der Waals surface area (Å²) in [4.78, 5) is 22.3. The van der Waals surface area contributed by atoms with E-state index in [1.807, 2.05) is 12.1 Å². The molecule has 0 aromatic heterocycles. The van der Waals surface area contributed by atoms with Crippen LogP contribution in [0.3, 0.4) is 0 Å². The minimum Gasteiger partial charge on any atom is -0.496 e. The van der Waals surface area contributed by atoms with E-state index in [1.54, 1.807) is 19.2 Å².